The molecule has 8 nitrogen and oxygen atoms in total. The molecule has 5 aliphatic rings. The SMILES string of the molecule is O=C(O)c1cc(F)c(-c2cccc3c2OCN(C(=O)c2c(Cl)cc(N4CC5(C4)CC(F)(F)C5)cc2Cl)C3)cc1N1C2CCC1COC2. The Morgan fingerprint density at radius 3 is 2.28 bits per heavy atom. The van der Waals surface area contributed by atoms with Crippen LogP contribution in [0.1, 0.15) is 52.0 Å². The highest BCUT2D eigenvalue weighted by molar-refractivity contribution is 6.40. The van der Waals surface area contributed by atoms with E-state index in [1.807, 2.05) is 4.90 Å². The van der Waals surface area contributed by atoms with E-state index in [2.05, 4.69) is 4.90 Å². The minimum atomic E-state index is -2.60. The second-order valence-electron chi connectivity index (χ2n) is 13.4. The van der Waals surface area contributed by atoms with Crippen LogP contribution in [0.15, 0.2) is 42.5 Å². The van der Waals surface area contributed by atoms with E-state index in [4.69, 9.17) is 32.7 Å². The minimum Gasteiger partial charge on any atom is -0.478 e. The molecule has 1 spiro atoms. The van der Waals surface area contributed by atoms with Gasteiger partial charge in [-0.3, -0.25) is 4.79 Å². The van der Waals surface area contributed by atoms with Crippen LogP contribution in [0.3, 0.4) is 0 Å². The first-order valence-electron chi connectivity index (χ1n) is 15.5. The van der Waals surface area contributed by atoms with Crippen LogP contribution < -0.4 is 14.5 Å². The van der Waals surface area contributed by atoms with Crippen molar-refractivity contribution in [1.29, 1.82) is 0 Å². The Labute approximate surface area is 278 Å². The summed E-state index contributed by atoms with van der Waals surface area (Å²) in [4.78, 5) is 31.3. The smallest absolute Gasteiger partial charge is 0.337 e. The number of benzene rings is 3. The van der Waals surface area contributed by atoms with E-state index in [1.54, 1.807) is 36.4 Å². The van der Waals surface area contributed by atoms with Crippen LogP contribution >= 0.6 is 23.2 Å². The summed E-state index contributed by atoms with van der Waals surface area (Å²) in [6.45, 7) is 1.90. The van der Waals surface area contributed by atoms with Crippen molar-refractivity contribution in [2.75, 3.05) is 42.8 Å². The number of amides is 1. The van der Waals surface area contributed by atoms with Gasteiger partial charge in [0, 0.05) is 53.7 Å². The predicted molar refractivity (Wildman–Crippen MR) is 170 cm³/mol. The zero-order chi connectivity index (χ0) is 32.8. The second kappa shape index (κ2) is 10.9. The molecule has 47 heavy (non-hydrogen) atoms. The van der Waals surface area contributed by atoms with Crippen LogP contribution in [0.25, 0.3) is 11.1 Å². The highest BCUT2D eigenvalue weighted by Crippen LogP contribution is 2.57. The molecule has 2 atom stereocenters. The van der Waals surface area contributed by atoms with Gasteiger partial charge in [0.15, 0.2) is 6.73 Å². The van der Waals surface area contributed by atoms with Crippen molar-refractivity contribution in [3.05, 3.63) is 75.0 Å². The van der Waals surface area contributed by atoms with Crippen LogP contribution in [0.5, 0.6) is 5.75 Å². The Morgan fingerprint density at radius 1 is 0.957 bits per heavy atom. The molecule has 1 aliphatic carbocycles. The number of hydrogen-bond donors (Lipinski definition) is 1. The Hall–Kier alpha value is -3.67. The molecule has 1 amide bonds. The van der Waals surface area contributed by atoms with Crippen molar-refractivity contribution in [2.24, 2.45) is 5.41 Å². The summed E-state index contributed by atoms with van der Waals surface area (Å²) >= 11 is 13.2. The van der Waals surface area contributed by atoms with Gasteiger partial charge in [0.05, 0.1) is 58.7 Å². The number of ether oxygens (including phenoxy) is 2. The summed E-state index contributed by atoms with van der Waals surface area (Å²) in [6, 6.07) is 11.2. The number of hydrogen-bond acceptors (Lipinski definition) is 6. The molecular formula is C34H30Cl2F3N3O5. The Morgan fingerprint density at radius 2 is 1.64 bits per heavy atom. The maximum atomic E-state index is 15.7. The fourth-order valence-corrected chi connectivity index (χ4v) is 8.75. The van der Waals surface area contributed by atoms with E-state index in [0.29, 0.717) is 54.6 Å². The van der Waals surface area contributed by atoms with Gasteiger partial charge in [0.2, 0.25) is 5.92 Å². The maximum Gasteiger partial charge on any atom is 0.337 e. The molecule has 3 aromatic carbocycles. The quantitative estimate of drug-likeness (QED) is 0.307. The van der Waals surface area contributed by atoms with Gasteiger partial charge in [0.1, 0.15) is 11.6 Å². The van der Waals surface area contributed by atoms with Crippen LogP contribution in [-0.2, 0) is 11.3 Å². The van der Waals surface area contributed by atoms with Gasteiger partial charge in [-0.1, -0.05) is 41.4 Å². The molecule has 4 heterocycles. The predicted octanol–water partition coefficient (Wildman–Crippen LogP) is 7.09. The lowest BCUT2D eigenvalue weighted by atomic mass is 9.61. The molecule has 8 rings (SSSR count). The number of fused-ring (bicyclic) bond motifs is 3. The molecular weight excluding hydrogens is 658 g/mol. The third kappa shape index (κ3) is 5.09. The lowest BCUT2D eigenvalue weighted by Gasteiger charge is -2.59. The van der Waals surface area contributed by atoms with Crippen LogP contribution in [-0.4, -0.2) is 72.9 Å². The first kappa shape index (κ1) is 30.7. The fraction of sp³-hybridized carbons (Fsp3) is 0.412. The summed E-state index contributed by atoms with van der Waals surface area (Å²) < 4.78 is 54.3. The first-order chi connectivity index (χ1) is 22.4. The number of aromatic carboxylic acids is 1. The van der Waals surface area contributed by atoms with Crippen molar-refractivity contribution in [1.82, 2.24) is 4.90 Å². The van der Waals surface area contributed by atoms with Gasteiger partial charge in [-0.2, -0.15) is 0 Å². The average molecular weight is 689 g/mol. The van der Waals surface area contributed by atoms with Crippen LogP contribution in [0, 0.1) is 11.2 Å². The van der Waals surface area contributed by atoms with Crippen molar-refractivity contribution >= 4 is 46.5 Å². The largest absolute Gasteiger partial charge is 0.478 e. The lowest BCUT2D eigenvalue weighted by Crippen LogP contribution is -2.66. The molecule has 3 aromatic rings. The molecule has 1 N–H and O–H groups in total. The summed E-state index contributed by atoms with van der Waals surface area (Å²) in [6.07, 6.45) is 1.48. The zero-order valence-corrected chi connectivity index (χ0v) is 26.6. The number of carboxylic acids is 1. The fourth-order valence-electron chi connectivity index (χ4n) is 8.11. The number of para-hydroxylation sites is 1. The van der Waals surface area contributed by atoms with Gasteiger partial charge < -0.3 is 29.3 Å². The van der Waals surface area contributed by atoms with Crippen molar-refractivity contribution in [2.45, 2.75) is 50.2 Å². The number of carboxylic acid groups (broad SMARTS) is 1. The van der Waals surface area contributed by atoms with Crippen molar-refractivity contribution in [3.8, 4) is 16.9 Å². The van der Waals surface area contributed by atoms with Crippen molar-refractivity contribution < 1.29 is 37.3 Å². The molecule has 246 valence electrons. The van der Waals surface area contributed by atoms with E-state index in [1.165, 1.54) is 4.90 Å². The van der Waals surface area contributed by atoms with Gasteiger partial charge in [-0.05, 0) is 37.1 Å². The Kier molecular flexibility index (Phi) is 7.13. The third-order valence-electron chi connectivity index (χ3n) is 10.2. The first-order valence-corrected chi connectivity index (χ1v) is 16.3. The molecule has 4 fully saturated rings. The number of carbonyl (C=O) groups is 2. The summed E-state index contributed by atoms with van der Waals surface area (Å²) in [5.74, 6) is -4.56. The molecule has 1 saturated carbocycles. The summed E-state index contributed by atoms with van der Waals surface area (Å²) in [5.41, 5.74) is 2.01. The van der Waals surface area contributed by atoms with Gasteiger partial charge in [0.25, 0.3) is 5.91 Å². The molecule has 3 saturated heterocycles. The number of halogens is 5. The lowest BCUT2D eigenvalue weighted by molar-refractivity contribution is -0.170. The van der Waals surface area contributed by atoms with Gasteiger partial charge >= 0.3 is 5.97 Å². The van der Waals surface area contributed by atoms with Gasteiger partial charge in [-0.25, -0.2) is 18.0 Å². The number of anilines is 2. The number of rotatable bonds is 5. The van der Waals surface area contributed by atoms with E-state index >= 15 is 4.39 Å². The molecule has 0 aromatic heterocycles. The van der Waals surface area contributed by atoms with Crippen LogP contribution in [0.4, 0.5) is 24.5 Å². The highest BCUT2D eigenvalue weighted by atomic mass is 35.5. The molecule has 4 aliphatic heterocycles. The number of carbonyl (C=O) groups excluding carboxylic acids is 1. The normalized spacial score (nSPS) is 23.6. The van der Waals surface area contributed by atoms with E-state index < -0.39 is 23.6 Å². The Balaban J connectivity index is 1.05. The topological polar surface area (TPSA) is 82.5 Å². The molecule has 2 bridgehead atoms. The highest BCUT2D eigenvalue weighted by Gasteiger charge is 2.61. The van der Waals surface area contributed by atoms with Gasteiger partial charge in [-0.15, -0.1) is 0 Å². The van der Waals surface area contributed by atoms with E-state index in [9.17, 15) is 23.5 Å². The standard InChI is InChI=1S/C34H30Cl2F3N3O5/c35-25-6-21(41-15-33(16-41)13-34(38,39)14-33)7-26(36)29(25)31(43)40-10-18-2-1-3-22(30(18)47-17-40)23-9-28(24(32(44)45)8-27(23)37)42-19-4-5-20(42)12-46-11-19/h1-3,6-9,19-20H,4-5,10-17H2,(H,44,45). The number of alkyl halides is 2. The molecule has 2 unspecified atom stereocenters. The monoisotopic (exact) mass is 687 g/mol. The molecule has 0 radical (unpaired) electrons. The number of morpholine rings is 1. The molecule has 13 heteroatoms. The average Bonchev–Trinajstić information content (AvgIpc) is 3.24. The van der Waals surface area contributed by atoms with Crippen LogP contribution in [0.2, 0.25) is 10.0 Å². The summed E-state index contributed by atoms with van der Waals surface area (Å²) in [7, 11) is 0. The minimum absolute atomic E-state index is 0.0108. The zero-order valence-electron chi connectivity index (χ0n) is 25.1. The summed E-state index contributed by atoms with van der Waals surface area (Å²) in [5, 5.41) is 10.2. The van der Waals surface area contributed by atoms with E-state index in [-0.39, 0.29) is 70.4 Å². The second-order valence-corrected chi connectivity index (χ2v) is 14.2. The third-order valence-corrected chi connectivity index (χ3v) is 10.8. The maximum absolute atomic E-state index is 15.7. The number of nitrogens with zero attached hydrogens (tertiary/aromatic N) is 3. The van der Waals surface area contributed by atoms with Crippen molar-refractivity contribution in [3.63, 3.8) is 0 Å². The Bertz CT molecular complexity index is 1790. The van der Waals surface area contributed by atoms with E-state index in [0.717, 1.165) is 18.9 Å².